The molecule has 0 atom stereocenters. The molecule has 0 unspecified atom stereocenters. The molecule has 4 heterocycles. The first kappa shape index (κ1) is 16.0. The summed E-state index contributed by atoms with van der Waals surface area (Å²) in [6.45, 7) is 5.73. The number of fused-ring (bicyclic) bond motifs is 1. The third kappa shape index (κ3) is 3.80. The van der Waals surface area contributed by atoms with Gasteiger partial charge in [0.15, 0.2) is 0 Å². The molecule has 8 nitrogen and oxygen atoms in total. The fraction of sp³-hybridized carbons (Fsp3) is 0.471. The molecule has 1 aliphatic rings. The van der Waals surface area contributed by atoms with Gasteiger partial charge in [-0.05, 0) is 31.5 Å². The standard InChI is InChI=1S/C17H22N6O2/c1(2-8-23-9-11-24-12-10-23)5-20-17-22-21-16(25-17)14-4-7-19-15-13(14)3-6-18-15/h3-4,6-7H,1-2,5,8-12H2,(H,18,19)(H,20,22). The molecule has 3 aromatic rings. The Labute approximate surface area is 145 Å². The molecule has 0 radical (unpaired) electrons. The maximum Gasteiger partial charge on any atom is 0.315 e. The minimum absolute atomic E-state index is 0.460. The van der Waals surface area contributed by atoms with E-state index in [1.54, 1.807) is 6.20 Å². The number of ether oxygens (including phenoxy) is 1. The molecule has 132 valence electrons. The SMILES string of the molecule is c1cc(-c2nnc(NCCCCN3CCOCC3)o2)c2cc[nH]c2n1. The minimum atomic E-state index is 0.460. The van der Waals surface area contributed by atoms with Gasteiger partial charge in [0.2, 0.25) is 0 Å². The van der Waals surface area contributed by atoms with Crippen LogP contribution in [-0.4, -0.2) is 64.5 Å². The molecule has 25 heavy (non-hydrogen) atoms. The Balaban J connectivity index is 1.28. The van der Waals surface area contributed by atoms with Crippen molar-refractivity contribution in [3.05, 3.63) is 24.5 Å². The Bertz CT molecular complexity index is 808. The minimum Gasteiger partial charge on any atom is -0.403 e. The lowest BCUT2D eigenvalue weighted by molar-refractivity contribution is 0.0373. The Morgan fingerprint density at radius 1 is 1.16 bits per heavy atom. The molecular formula is C17H22N6O2. The zero-order valence-electron chi connectivity index (χ0n) is 14.1. The summed E-state index contributed by atoms with van der Waals surface area (Å²) in [6.07, 6.45) is 5.79. The van der Waals surface area contributed by atoms with Crippen molar-refractivity contribution in [2.45, 2.75) is 12.8 Å². The van der Waals surface area contributed by atoms with Crippen LogP contribution in [0.25, 0.3) is 22.5 Å². The van der Waals surface area contributed by atoms with Crippen molar-refractivity contribution in [1.82, 2.24) is 25.1 Å². The van der Waals surface area contributed by atoms with Gasteiger partial charge in [0.05, 0.1) is 18.8 Å². The van der Waals surface area contributed by atoms with Gasteiger partial charge < -0.3 is 19.5 Å². The van der Waals surface area contributed by atoms with Crippen LogP contribution in [0.2, 0.25) is 0 Å². The van der Waals surface area contributed by atoms with E-state index in [2.05, 4.69) is 30.4 Å². The molecule has 8 heteroatoms. The van der Waals surface area contributed by atoms with Crippen molar-refractivity contribution in [3.63, 3.8) is 0 Å². The van der Waals surface area contributed by atoms with E-state index in [9.17, 15) is 0 Å². The van der Waals surface area contributed by atoms with Crippen molar-refractivity contribution in [1.29, 1.82) is 0 Å². The van der Waals surface area contributed by atoms with Gasteiger partial charge in [-0.25, -0.2) is 4.98 Å². The molecule has 1 fully saturated rings. The summed E-state index contributed by atoms with van der Waals surface area (Å²) in [5.74, 6) is 0.503. The third-order valence-electron chi connectivity index (χ3n) is 4.40. The Kier molecular flexibility index (Phi) is 4.89. The lowest BCUT2D eigenvalue weighted by Crippen LogP contribution is -2.36. The molecule has 1 saturated heterocycles. The predicted octanol–water partition coefficient (Wildman–Crippen LogP) is 2.14. The summed E-state index contributed by atoms with van der Waals surface area (Å²) < 4.78 is 11.1. The number of anilines is 1. The molecule has 0 spiro atoms. The van der Waals surface area contributed by atoms with Crippen LogP contribution in [0, 0.1) is 0 Å². The highest BCUT2D eigenvalue weighted by Gasteiger charge is 2.13. The number of hydrogen-bond acceptors (Lipinski definition) is 7. The van der Waals surface area contributed by atoms with E-state index in [0.29, 0.717) is 11.9 Å². The highest BCUT2D eigenvalue weighted by atomic mass is 16.5. The molecule has 0 amide bonds. The van der Waals surface area contributed by atoms with E-state index in [1.807, 2.05) is 18.3 Å². The summed E-state index contributed by atoms with van der Waals surface area (Å²) >= 11 is 0. The lowest BCUT2D eigenvalue weighted by atomic mass is 10.2. The van der Waals surface area contributed by atoms with E-state index in [4.69, 9.17) is 9.15 Å². The quantitative estimate of drug-likeness (QED) is 0.636. The maximum atomic E-state index is 5.74. The van der Waals surface area contributed by atoms with Crippen LogP contribution >= 0.6 is 0 Å². The van der Waals surface area contributed by atoms with Crippen LogP contribution in [0.1, 0.15) is 12.8 Å². The lowest BCUT2D eigenvalue weighted by Gasteiger charge is -2.26. The van der Waals surface area contributed by atoms with Gasteiger partial charge in [-0.2, -0.15) is 0 Å². The fourth-order valence-corrected chi connectivity index (χ4v) is 3.03. The number of morpholine rings is 1. The van der Waals surface area contributed by atoms with Gasteiger partial charge in [0.25, 0.3) is 5.89 Å². The van der Waals surface area contributed by atoms with E-state index >= 15 is 0 Å². The van der Waals surface area contributed by atoms with Crippen molar-refractivity contribution < 1.29 is 9.15 Å². The molecule has 4 rings (SSSR count). The number of pyridine rings is 1. The number of rotatable bonds is 7. The molecule has 2 N–H and O–H groups in total. The van der Waals surface area contributed by atoms with Gasteiger partial charge in [-0.3, -0.25) is 4.90 Å². The van der Waals surface area contributed by atoms with Crippen LogP contribution in [0.4, 0.5) is 6.01 Å². The number of nitrogens with zero attached hydrogens (tertiary/aromatic N) is 4. The number of H-pyrrole nitrogens is 1. The average Bonchev–Trinajstić information content (AvgIpc) is 3.31. The average molecular weight is 342 g/mol. The van der Waals surface area contributed by atoms with Crippen molar-refractivity contribution >= 4 is 17.0 Å². The second kappa shape index (κ2) is 7.62. The van der Waals surface area contributed by atoms with Crippen LogP contribution in [0.15, 0.2) is 28.9 Å². The van der Waals surface area contributed by atoms with Crippen LogP contribution < -0.4 is 5.32 Å². The van der Waals surface area contributed by atoms with E-state index < -0.39 is 0 Å². The monoisotopic (exact) mass is 342 g/mol. The molecule has 0 bridgehead atoms. The number of hydrogen-bond donors (Lipinski definition) is 2. The fourth-order valence-electron chi connectivity index (χ4n) is 3.03. The number of unbranched alkanes of at least 4 members (excludes halogenated alkanes) is 1. The number of nitrogens with one attached hydrogen (secondary N) is 2. The Morgan fingerprint density at radius 3 is 3.00 bits per heavy atom. The first-order valence-corrected chi connectivity index (χ1v) is 8.70. The summed E-state index contributed by atoms with van der Waals surface area (Å²) in [5.41, 5.74) is 1.70. The van der Waals surface area contributed by atoms with E-state index in [-0.39, 0.29) is 0 Å². The van der Waals surface area contributed by atoms with Crippen LogP contribution in [-0.2, 0) is 4.74 Å². The van der Waals surface area contributed by atoms with E-state index in [1.165, 1.54) is 0 Å². The third-order valence-corrected chi connectivity index (χ3v) is 4.40. The van der Waals surface area contributed by atoms with Crippen molar-refractivity contribution in [3.8, 4) is 11.5 Å². The normalized spacial score (nSPS) is 15.7. The Morgan fingerprint density at radius 2 is 2.08 bits per heavy atom. The first-order chi connectivity index (χ1) is 12.4. The number of aromatic nitrogens is 4. The largest absolute Gasteiger partial charge is 0.403 e. The molecule has 0 aliphatic carbocycles. The van der Waals surface area contributed by atoms with Crippen LogP contribution in [0.3, 0.4) is 0 Å². The first-order valence-electron chi connectivity index (χ1n) is 8.70. The summed E-state index contributed by atoms with van der Waals surface area (Å²) in [4.78, 5) is 9.80. The second-order valence-electron chi connectivity index (χ2n) is 6.10. The Hall–Kier alpha value is -2.45. The molecule has 3 aromatic heterocycles. The summed E-state index contributed by atoms with van der Waals surface area (Å²) in [7, 11) is 0. The van der Waals surface area contributed by atoms with E-state index in [0.717, 1.165) is 68.8 Å². The van der Waals surface area contributed by atoms with Gasteiger partial charge >= 0.3 is 6.01 Å². The van der Waals surface area contributed by atoms with Gasteiger partial charge in [0.1, 0.15) is 5.65 Å². The van der Waals surface area contributed by atoms with Crippen molar-refractivity contribution in [2.75, 3.05) is 44.7 Å². The van der Waals surface area contributed by atoms with Crippen LogP contribution in [0.5, 0.6) is 0 Å². The van der Waals surface area contributed by atoms with Crippen molar-refractivity contribution in [2.24, 2.45) is 0 Å². The maximum absolute atomic E-state index is 5.74. The topological polar surface area (TPSA) is 92.1 Å². The smallest absolute Gasteiger partial charge is 0.315 e. The summed E-state index contributed by atoms with van der Waals surface area (Å²) in [6, 6.07) is 4.30. The highest BCUT2D eigenvalue weighted by Crippen LogP contribution is 2.26. The number of aromatic amines is 1. The second-order valence-corrected chi connectivity index (χ2v) is 6.10. The molecular weight excluding hydrogens is 320 g/mol. The molecule has 0 saturated carbocycles. The van der Waals surface area contributed by atoms with Gasteiger partial charge in [-0.15, -0.1) is 5.10 Å². The molecule has 0 aromatic carbocycles. The van der Waals surface area contributed by atoms with Gasteiger partial charge in [0, 0.05) is 37.4 Å². The summed E-state index contributed by atoms with van der Waals surface area (Å²) in [5, 5.41) is 12.4. The van der Waals surface area contributed by atoms with Gasteiger partial charge in [-0.1, -0.05) is 5.10 Å². The zero-order valence-corrected chi connectivity index (χ0v) is 14.1. The highest BCUT2D eigenvalue weighted by molar-refractivity contribution is 5.90. The zero-order chi connectivity index (χ0) is 16.9. The predicted molar refractivity (Wildman–Crippen MR) is 94.4 cm³/mol. The molecule has 1 aliphatic heterocycles.